The van der Waals surface area contributed by atoms with Crippen LogP contribution >= 0.6 is 0 Å². The molecule has 1 unspecified atom stereocenters. The third kappa shape index (κ3) is 2.60. The summed E-state index contributed by atoms with van der Waals surface area (Å²) in [5.41, 5.74) is 1.32. The van der Waals surface area contributed by atoms with Gasteiger partial charge in [0.1, 0.15) is 0 Å². The molecule has 0 aromatic carbocycles. The molecule has 0 radical (unpaired) electrons. The molecule has 2 rings (SSSR count). The van der Waals surface area contributed by atoms with E-state index in [0.29, 0.717) is 26.1 Å². The van der Waals surface area contributed by atoms with Crippen molar-refractivity contribution in [3.05, 3.63) is 11.6 Å². The van der Waals surface area contributed by atoms with Gasteiger partial charge in [-0.05, 0) is 19.8 Å². The summed E-state index contributed by atoms with van der Waals surface area (Å²) in [6.45, 7) is 4.38. The van der Waals surface area contributed by atoms with E-state index >= 15 is 0 Å². The first-order valence-corrected chi connectivity index (χ1v) is 6.00. The van der Waals surface area contributed by atoms with Gasteiger partial charge in [0.15, 0.2) is 0 Å². The Balaban J connectivity index is 1.91. The van der Waals surface area contributed by atoms with E-state index in [4.69, 9.17) is 5.11 Å². The van der Waals surface area contributed by atoms with E-state index in [1.807, 2.05) is 0 Å². The summed E-state index contributed by atoms with van der Waals surface area (Å²) in [4.78, 5) is 26.4. The van der Waals surface area contributed by atoms with Gasteiger partial charge in [0.05, 0.1) is 5.92 Å². The number of amides is 2. The molecule has 2 heterocycles. The molecule has 0 aromatic heterocycles. The summed E-state index contributed by atoms with van der Waals surface area (Å²) in [5, 5.41) is 8.90. The molecule has 2 amide bonds. The number of hydrogen-bond donors (Lipinski definition) is 1. The largest absolute Gasteiger partial charge is 0.481 e. The Labute approximate surface area is 101 Å². The van der Waals surface area contributed by atoms with Crippen LogP contribution < -0.4 is 0 Å². The maximum Gasteiger partial charge on any atom is 0.320 e. The molecule has 0 spiro atoms. The molecule has 94 valence electrons. The first-order valence-electron chi connectivity index (χ1n) is 6.00. The summed E-state index contributed by atoms with van der Waals surface area (Å²) in [7, 11) is 0. The van der Waals surface area contributed by atoms with E-state index < -0.39 is 5.97 Å². The lowest BCUT2D eigenvalue weighted by Gasteiger charge is -2.29. The summed E-state index contributed by atoms with van der Waals surface area (Å²) < 4.78 is 0. The van der Waals surface area contributed by atoms with E-state index in [-0.39, 0.29) is 11.9 Å². The number of carboxylic acid groups (broad SMARTS) is 1. The lowest BCUT2D eigenvalue weighted by atomic mass is 10.1. The van der Waals surface area contributed by atoms with Crippen molar-refractivity contribution in [1.82, 2.24) is 9.80 Å². The van der Waals surface area contributed by atoms with Crippen molar-refractivity contribution in [2.75, 3.05) is 26.2 Å². The van der Waals surface area contributed by atoms with Gasteiger partial charge in [-0.1, -0.05) is 11.6 Å². The number of hydrogen-bond acceptors (Lipinski definition) is 2. The van der Waals surface area contributed by atoms with Crippen LogP contribution in [0.25, 0.3) is 0 Å². The highest BCUT2D eigenvalue weighted by molar-refractivity contribution is 5.77. The van der Waals surface area contributed by atoms with Crippen LogP contribution in [-0.4, -0.2) is 53.1 Å². The van der Waals surface area contributed by atoms with E-state index in [9.17, 15) is 9.59 Å². The molecule has 1 atom stereocenters. The van der Waals surface area contributed by atoms with E-state index in [0.717, 1.165) is 13.0 Å². The zero-order chi connectivity index (χ0) is 12.4. The molecule has 0 bridgehead atoms. The Morgan fingerprint density at radius 2 is 2.12 bits per heavy atom. The fraction of sp³-hybridized carbons (Fsp3) is 0.667. The van der Waals surface area contributed by atoms with Crippen LogP contribution in [0.1, 0.15) is 19.8 Å². The summed E-state index contributed by atoms with van der Waals surface area (Å²) in [5.74, 6) is -1.18. The minimum absolute atomic E-state index is 0.0162. The normalized spacial score (nSPS) is 24.8. The first-order chi connectivity index (χ1) is 8.08. The van der Waals surface area contributed by atoms with Gasteiger partial charge in [-0.2, -0.15) is 0 Å². The average molecular weight is 238 g/mol. The number of aliphatic carboxylic acids is 1. The summed E-state index contributed by atoms with van der Waals surface area (Å²) >= 11 is 0. The fourth-order valence-electron chi connectivity index (χ4n) is 2.28. The van der Waals surface area contributed by atoms with Crippen LogP contribution in [0.5, 0.6) is 0 Å². The zero-order valence-electron chi connectivity index (χ0n) is 10.1. The Kier molecular flexibility index (Phi) is 3.36. The van der Waals surface area contributed by atoms with Crippen LogP contribution in [0.3, 0.4) is 0 Å². The highest BCUT2D eigenvalue weighted by Gasteiger charge is 2.33. The maximum atomic E-state index is 12.1. The molecule has 1 saturated heterocycles. The van der Waals surface area contributed by atoms with Gasteiger partial charge < -0.3 is 14.9 Å². The standard InChI is InChI=1S/C12H18N2O3/c1-9-2-5-13(6-3-9)12(17)14-7-4-10(8-14)11(15)16/h2,10H,3-8H2,1H3,(H,15,16). The van der Waals surface area contributed by atoms with Crippen molar-refractivity contribution in [1.29, 1.82) is 0 Å². The van der Waals surface area contributed by atoms with Gasteiger partial charge in [0.25, 0.3) is 0 Å². The van der Waals surface area contributed by atoms with Gasteiger partial charge in [-0.15, -0.1) is 0 Å². The third-order valence-corrected chi connectivity index (χ3v) is 3.51. The molecule has 2 aliphatic rings. The van der Waals surface area contributed by atoms with Crippen molar-refractivity contribution in [2.45, 2.75) is 19.8 Å². The maximum absolute atomic E-state index is 12.1. The van der Waals surface area contributed by atoms with E-state index in [1.165, 1.54) is 5.57 Å². The number of rotatable bonds is 1. The number of carbonyl (C=O) groups is 2. The number of nitrogens with zero attached hydrogens (tertiary/aromatic N) is 2. The Bertz CT molecular complexity index is 365. The quantitative estimate of drug-likeness (QED) is 0.697. The van der Waals surface area contributed by atoms with Gasteiger partial charge in [0.2, 0.25) is 0 Å². The van der Waals surface area contributed by atoms with E-state index in [2.05, 4.69) is 13.0 Å². The van der Waals surface area contributed by atoms with Gasteiger partial charge in [-0.25, -0.2) is 4.79 Å². The molecule has 0 saturated carbocycles. The fourth-order valence-corrected chi connectivity index (χ4v) is 2.28. The zero-order valence-corrected chi connectivity index (χ0v) is 10.1. The first kappa shape index (κ1) is 12.0. The van der Waals surface area contributed by atoms with Gasteiger partial charge in [0, 0.05) is 26.2 Å². The van der Waals surface area contributed by atoms with Crippen LogP contribution in [0, 0.1) is 5.92 Å². The Hall–Kier alpha value is -1.52. The summed E-state index contributed by atoms with van der Waals surface area (Å²) in [6.07, 6.45) is 3.55. The molecule has 0 aromatic rings. The van der Waals surface area contributed by atoms with Crippen molar-refractivity contribution in [3.8, 4) is 0 Å². The molecular weight excluding hydrogens is 220 g/mol. The minimum Gasteiger partial charge on any atom is -0.481 e. The second-order valence-electron chi connectivity index (χ2n) is 4.80. The van der Waals surface area contributed by atoms with Crippen LogP contribution in [0.2, 0.25) is 0 Å². The Morgan fingerprint density at radius 1 is 1.35 bits per heavy atom. The molecule has 1 fully saturated rings. The van der Waals surface area contributed by atoms with Crippen LogP contribution in [-0.2, 0) is 4.79 Å². The Morgan fingerprint density at radius 3 is 2.65 bits per heavy atom. The molecule has 1 N–H and O–H groups in total. The summed E-state index contributed by atoms with van der Waals surface area (Å²) in [6, 6.07) is -0.0162. The van der Waals surface area contributed by atoms with Crippen molar-refractivity contribution < 1.29 is 14.7 Å². The molecule has 17 heavy (non-hydrogen) atoms. The number of urea groups is 1. The molecule has 5 nitrogen and oxygen atoms in total. The monoisotopic (exact) mass is 238 g/mol. The number of carbonyl (C=O) groups excluding carboxylic acids is 1. The molecule has 0 aliphatic carbocycles. The molecular formula is C12H18N2O3. The highest BCUT2D eigenvalue weighted by Crippen LogP contribution is 2.19. The van der Waals surface area contributed by atoms with Gasteiger partial charge in [-0.3, -0.25) is 4.79 Å². The minimum atomic E-state index is -0.797. The topological polar surface area (TPSA) is 60.9 Å². The van der Waals surface area contributed by atoms with Crippen molar-refractivity contribution >= 4 is 12.0 Å². The lowest BCUT2D eigenvalue weighted by Crippen LogP contribution is -2.44. The second kappa shape index (κ2) is 4.77. The highest BCUT2D eigenvalue weighted by atomic mass is 16.4. The predicted molar refractivity (Wildman–Crippen MR) is 62.7 cm³/mol. The smallest absolute Gasteiger partial charge is 0.320 e. The van der Waals surface area contributed by atoms with Crippen molar-refractivity contribution in [2.24, 2.45) is 5.92 Å². The van der Waals surface area contributed by atoms with Crippen LogP contribution in [0.4, 0.5) is 4.79 Å². The molecule has 2 aliphatic heterocycles. The number of carboxylic acids is 1. The third-order valence-electron chi connectivity index (χ3n) is 3.51. The van der Waals surface area contributed by atoms with Crippen molar-refractivity contribution in [3.63, 3.8) is 0 Å². The molecule has 5 heteroatoms. The predicted octanol–water partition coefficient (Wildman–Crippen LogP) is 1.16. The number of likely N-dealkylation sites (tertiary alicyclic amines) is 1. The van der Waals surface area contributed by atoms with Crippen LogP contribution in [0.15, 0.2) is 11.6 Å². The SMILES string of the molecule is CC1=CCN(C(=O)N2CCC(C(=O)O)C2)CC1. The average Bonchev–Trinajstić information content (AvgIpc) is 2.78. The lowest BCUT2D eigenvalue weighted by molar-refractivity contribution is -0.141. The van der Waals surface area contributed by atoms with Gasteiger partial charge >= 0.3 is 12.0 Å². The van der Waals surface area contributed by atoms with E-state index in [1.54, 1.807) is 9.80 Å². The second-order valence-corrected chi connectivity index (χ2v) is 4.80.